The number of nitrogens with two attached hydrogens (primary N) is 1. The van der Waals surface area contributed by atoms with Crippen molar-refractivity contribution in [3.63, 3.8) is 0 Å². The molecule has 1 aromatic carbocycles. The molecule has 0 aromatic heterocycles. The minimum Gasteiger partial charge on any atom is -0.496 e. The van der Waals surface area contributed by atoms with Crippen molar-refractivity contribution in [2.75, 3.05) is 13.7 Å². The minimum atomic E-state index is 0.182. The van der Waals surface area contributed by atoms with Gasteiger partial charge in [-0.3, -0.25) is 0 Å². The van der Waals surface area contributed by atoms with Gasteiger partial charge in [-0.05, 0) is 36.0 Å². The molecule has 0 radical (unpaired) electrons. The van der Waals surface area contributed by atoms with Gasteiger partial charge in [0.05, 0.1) is 7.11 Å². The van der Waals surface area contributed by atoms with Gasteiger partial charge in [-0.2, -0.15) is 0 Å². The molecule has 2 heteroatoms. The van der Waals surface area contributed by atoms with E-state index >= 15 is 0 Å². The molecule has 1 aromatic rings. The van der Waals surface area contributed by atoms with Gasteiger partial charge in [-0.15, -0.1) is 0 Å². The van der Waals surface area contributed by atoms with E-state index < -0.39 is 0 Å². The highest BCUT2D eigenvalue weighted by atomic mass is 16.5. The molecule has 0 bridgehead atoms. The fourth-order valence-electron chi connectivity index (χ4n) is 3.36. The zero-order chi connectivity index (χ0) is 13.9. The Labute approximate surface area is 117 Å². The van der Waals surface area contributed by atoms with E-state index in [2.05, 4.69) is 32.0 Å². The summed E-state index contributed by atoms with van der Waals surface area (Å²) in [6.07, 6.45) is 6.38. The average Bonchev–Trinajstić information content (AvgIpc) is 2.47. The van der Waals surface area contributed by atoms with Crippen LogP contribution in [0.1, 0.15) is 63.0 Å². The molecule has 2 N–H and O–H groups in total. The molecule has 19 heavy (non-hydrogen) atoms. The molecule has 0 unspecified atom stereocenters. The lowest BCUT2D eigenvalue weighted by molar-refractivity contribution is 0.299. The molecule has 0 heterocycles. The first-order valence-corrected chi connectivity index (χ1v) is 7.51. The standard InChI is InChI=1S/C17H27NO/c1-13(2)15-8-7-14(11-16(15)19-3)17(12-18)9-5-4-6-10-17/h7-8,11,13H,4-6,9-10,12,18H2,1-3H3. The van der Waals surface area contributed by atoms with E-state index in [1.54, 1.807) is 7.11 Å². The fourth-order valence-corrected chi connectivity index (χ4v) is 3.36. The molecule has 1 fully saturated rings. The zero-order valence-corrected chi connectivity index (χ0v) is 12.5. The first kappa shape index (κ1) is 14.4. The summed E-state index contributed by atoms with van der Waals surface area (Å²) in [7, 11) is 1.76. The summed E-state index contributed by atoms with van der Waals surface area (Å²) in [6.45, 7) is 5.16. The maximum absolute atomic E-state index is 6.12. The second kappa shape index (κ2) is 5.96. The molecule has 1 aliphatic rings. The molecule has 2 rings (SSSR count). The number of hydrogen-bond acceptors (Lipinski definition) is 2. The van der Waals surface area contributed by atoms with Gasteiger partial charge >= 0.3 is 0 Å². The second-order valence-corrected chi connectivity index (χ2v) is 6.16. The van der Waals surface area contributed by atoms with Gasteiger partial charge in [0.2, 0.25) is 0 Å². The molecule has 1 aliphatic carbocycles. The molecule has 2 nitrogen and oxygen atoms in total. The highest BCUT2D eigenvalue weighted by Gasteiger charge is 2.33. The van der Waals surface area contributed by atoms with Crippen molar-refractivity contribution in [2.45, 2.75) is 57.3 Å². The van der Waals surface area contributed by atoms with Gasteiger partial charge in [-0.25, -0.2) is 0 Å². The topological polar surface area (TPSA) is 35.2 Å². The van der Waals surface area contributed by atoms with Crippen LogP contribution in [0.3, 0.4) is 0 Å². The van der Waals surface area contributed by atoms with Gasteiger partial charge in [0.25, 0.3) is 0 Å². The summed E-state index contributed by atoms with van der Waals surface area (Å²) in [5.41, 5.74) is 8.96. The maximum Gasteiger partial charge on any atom is 0.122 e. The number of benzene rings is 1. The summed E-state index contributed by atoms with van der Waals surface area (Å²) >= 11 is 0. The molecular weight excluding hydrogens is 234 g/mol. The third-order valence-corrected chi connectivity index (χ3v) is 4.67. The van der Waals surface area contributed by atoms with Crippen molar-refractivity contribution in [2.24, 2.45) is 5.73 Å². The predicted molar refractivity (Wildman–Crippen MR) is 80.9 cm³/mol. The average molecular weight is 261 g/mol. The van der Waals surface area contributed by atoms with Crippen molar-refractivity contribution in [1.29, 1.82) is 0 Å². The van der Waals surface area contributed by atoms with Crippen molar-refractivity contribution < 1.29 is 4.74 Å². The van der Waals surface area contributed by atoms with Gasteiger partial charge in [0, 0.05) is 12.0 Å². The Morgan fingerprint density at radius 2 is 1.89 bits per heavy atom. The van der Waals surface area contributed by atoms with E-state index in [9.17, 15) is 0 Å². The lowest BCUT2D eigenvalue weighted by atomic mass is 9.69. The van der Waals surface area contributed by atoms with Crippen molar-refractivity contribution >= 4 is 0 Å². The normalized spacial score (nSPS) is 18.6. The summed E-state index contributed by atoms with van der Waals surface area (Å²) in [5, 5.41) is 0. The summed E-state index contributed by atoms with van der Waals surface area (Å²) < 4.78 is 5.59. The van der Waals surface area contributed by atoms with Crippen LogP contribution in [0.25, 0.3) is 0 Å². The van der Waals surface area contributed by atoms with Crippen LogP contribution in [-0.4, -0.2) is 13.7 Å². The zero-order valence-electron chi connectivity index (χ0n) is 12.5. The molecule has 0 atom stereocenters. The van der Waals surface area contributed by atoms with Gasteiger partial charge in [-0.1, -0.05) is 45.2 Å². The van der Waals surface area contributed by atoms with Gasteiger partial charge in [0.15, 0.2) is 0 Å². The first-order valence-electron chi connectivity index (χ1n) is 7.51. The van der Waals surface area contributed by atoms with E-state index in [-0.39, 0.29) is 5.41 Å². The summed E-state index contributed by atoms with van der Waals surface area (Å²) in [5.74, 6) is 1.51. The van der Waals surface area contributed by atoms with Crippen LogP contribution < -0.4 is 10.5 Å². The molecule has 1 saturated carbocycles. The largest absolute Gasteiger partial charge is 0.496 e. The third kappa shape index (κ3) is 2.79. The Bertz CT molecular complexity index is 419. The van der Waals surface area contributed by atoms with Crippen LogP contribution in [0.4, 0.5) is 0 Å². The highest BCUT2D eigenvalue weighted by Crippen LogP contribution is 2.41. The van der Waals surface area contributed by atoms with Crippen LogP contribution in [0.15, 0.2) is 18.2 Å². The second-order valence-electron chi connectivity index (χ2n) is 6.16. The van der Waals surface area contributed by atoms with E-state index in [1.165, 1.54) is 43.2 Å². The van der Waals surface area contributed by atoms with Crippen LogP contribution in [-0.2, 0) is 5.41 Å². The fraction of sp³-hybridized carbons (Fsp3) is 0.647. The minimum absolute atomic E-state index is 0.182. The number of hydrogen-bond donors (Lipinski definition) is 1. The van der Waals surface area contributed by atoms with Crippen molar-refractivity contribution in [3.8, 4) is 5.75 Å². The van der Waals surface area contributed by atoms with Crippen LogP contribution in [0, 0.1) is 0 Å². The lowest BCUT2D eigenvalue weighted by Crippen LogP contribution is -2.37. The Balaban J connectivity index is 2.38. The Morgan fingerprint density at radius 3 is 2.42 bits per heavy atom. The van der Waals surface area contributed by atoms with E-state index in [0.29, 0.717) is 5.92 Å². The van der Waals surface area contributed by atoms with E-state index in [0.717, 1.165) is 12.3 Å². The molecular formula is C17H27NO. The first-order chi connectivity index (χ1) is 9.13. The van der Waals surface area contributed by atoms with E-state index in [1.807, 2.05) is 0 Å². The molecule has 0 amide bonds. The SMILES string of the molecule is COc1cc(C2(CN)CCCCC2)ccc1C(C)C. The summed E-state index contributed by atoms with van der Waals surface area (Å²) in [4.78, 5) is 0. The molecule has 0 aliphatic heterocycles. The quantitative estimate of drug-likeness (QED) is 0.889. The number of methoxy groups -OCH3 is 1. The van der Waals surface area contributed by atoms with Crippen LogP contribution >= 0.6 is 0 Å². The van der Waals surface area contributed by atoms with E-state index in [4.69, 9.17) is 10.5 Å². The smallest absolute Gasteiger partial charge is 0.122 e. The molecule has 106 valence electrons. The van der Waals surface area contributed by atoms with Crippen LogP contribution in [0.5, 0.6) is 5.75 Å². The van der Waals surface area contributed by atoms with Crippen molar-refractivity contribution in [3.05, 3.63) is 29.3 Å². The lowest BCUT2D eigenvalue weighted by Gasteiger charge is -2.37. The van der Waals surface area contributed by atoms with Crippen molar-refractivity contribution in [1.82, 2.24) is 0 Å². The summed E-state index contributed by atoms with van der Waals surface area (Å²) in [6, 6.07) is 6.73. The molecule has 0 saturated heterocycles. The highest BCUT2D eigenvalue weighted by molar-refractivity contribution is 5.42. The van der Waals surface area contributed by atoms with Crippen LogP contribution in [0.2, 0.25) is 0 Å². The Morgan fingerprint density at radius 1 is 1.21 bits per heavy atom. The monoisotopic (exact) mass is 261 g/mol. The maximum atomic E-state index is 6.12. The number of rotatable bonds is 4. The Kier molecular flexibility index (Phi) is 4.51. The predicted octanol–water partition coefficient (Wildman–Crippen LogP) is 3.98. The van der Waals surface area contributed by atoms with Gasteiger partial charge < -0.3 is 10.5 Å². The third-order valence-electron chi connectivity index (χ3n) is 4.67. The Hall–Kier alpha value is -1.02. The number of ether oxygens (including phenoxy) is 1. The van der Waals surface area contributed by atoms with Gasteiger partial charge in [0.1, 0.15) is 5.75 Å². The molecule has 0 spiro atoms.